The van der Waals surface area contributed by atoms with Gasteiger partial charge < -0.3 is 8.37 Å². The molecule has 0 radical (unpaired) electrons. The smallest absolute Gasteiger partial charge is 0.376 e. The predicted molar refractivity (Wildman–Crippen MR) is 30.7 cm³/mol. The highest BCUT2D eigenvalue weighted by Gasteiger charge is 1.99. The lowest BCUT2D eigenvalue weighted by molar-refractivity contribution is 0.450. The Morgan fingerprint density at radius 2 is 1.62 bits per heavy atom. The average molecular weight is 134 g/mol. The van der Waals surface area contributed by atoms with Crippen LogP contribution in [0.5, 0.6) is 0 Å². The molecule has 0 saturated heterocycles. The van der Waals surface area contributed by atoms with Gasteiger partial charge in [0.05, 0.1) is 0 Å². The standard InChI is InChI=1S/C2H2O3S.C2H4/c3-6-4-1-2-5-6;1-2/h1-2H;1-2H2. The summed E-state index contributed by atoms with van der Waals surface area (Å²) >= 11 is -1.53. The molecule has 1 aliphatic rings. The van der Waals surface area contributed by atoms with E-state index in [1.165, 1.54) is 12.5 Å². The van der Waals surface area contributed by atoms with Gasteiger partial charge in [-0.1, -0.05) is 0 Å². The van der Waals surface area contributed by atoms with E-state index >= 15 is 0 Å². The summed E-state index contributed by atoms with van der Waals surface area (Å²) < 4.78 is 18.3. The van der Waals surface area contributed by atoms with Gasteiger partial charge in [-0.05, 0) is 0 Å². The molecule has 46 valence electrons. The fourth-order valence-electron chi connectivity index (χ4n) is 0.159. The molecule has 1 rings (SSSR count). The Bertz CT molecular complexity index is 99.9. The van der Waals surface area contributed by atoms with Crippen molar-refractivity contribution in [2.45, 2.75) is 0 Å². The van der Waals surface area contributed by atoms with Crippen LogP contribution in [-0.4, -0.2) is 4.21 Å². The van der Waals surface area contributed by atoms with Crippen molar-refractivity contribution in [1.29, 1.82) is 0 Å². The van der Waals surface area contributed by atoms with Gasteiger partial charge in [-0.2, -0.15) is 4.21 Å². The van der Waals surface area contributed by atoms with Gasteiger partial charge in [-0.3, -0.25) is 0 Å². The second-order valence-corrected chi connectivity index (χ2v) is 1.46. The Balaban J connectivity index is 0.000000222. The zero-order valence-electron chi connectivity index (χ0n) is 4.20. The van der Waals surface area contributed by atoms with Crippen molar-refractivity contribution >= 4 is 11.4 Å². The molecule has 0 fully saturated rings. The number of hydrogen-bond donors (Lipinski definition) is 0. The minimum atomic E-state index is -1.53. The highest BCUT2D eigenvalue weighted by Crippen LogP contribution is 1.97. The summed E-state index contributed by atoms with van der Waals surface area (Å²) in [6.45, 7) is 6.00. The highest BCUT2D eigenvalue weighted by molar-refractivity contribution is 7.75. The lowest BCUT2D eigenvalue weighted by Crippen LogP contribution is -1.81. The van der Waals surface area contributed by atoms with Crippen molar-refractivity contribution < 1.29 is 12.6 Å². The quantitative estimate of drug-likeness (QED) is 0.461. The Morgan fingerprint density at radius 3 is 1.75 bits per heavy atom. The highest BCUT2D eigenvalue weighted by atomic mass is 32.2. The first kappa shape index (κ1) is 7.23. The van der Waals surface area contributed by atoms with Gasteiger partial charge in [0.25, 0.3) is 0 Å². The van der Waals surface area contributed by atoms with Crippen LogP contribution in [0.1, 0.15) is 0 Å². The first-order valence-electron chi connectivity index (χ1n) is 1.80. The van der Waals surface area contributed by atoms with Gasteiger partial charge in [-0.25, -0.2) is 0 Å². The van der Waals surface area contributed by atoms with Gasteiger partial charge in [0.1, 0.15) is 12.5 Å². The van der Waals surface area contributed by atoms with Crippen molar-refractivity contribution in [2.24, 2.45) is 0 Å². The second kappa shape index (κ2) is 4.39. The van der Waals surface area contributed by atoms with Crippen molar-refractivity contribution in [2.75, 3.05) is 0 Å². The zero-order valence-corrected chi connectivity index (χ0v) is 5.02. The Morgan fingerprint density at radius 1 is 1.25 bits per heavy atom. The Hall–Kier alpha value is -0.770. The fourth-order valence-corrected chi connectivity index (χ4v) is 0.476. The molecule has 0 unspecified atom stereocenters. The molecule has 0 aliphatic carbocycles. The van der Waals surface area contributed by atoms with Gasteiger partial charge in [0.2, 0.25) is 0 Å². The Kier molecular flexibility index (Phi) is 3.97. The van der Waals surface area contributed by atoms with Crippen molar-refractivity contribution in [3.63, 3.8) is 0 Å². The SMILES string of the molecule is C=C.O=S1OC=CO1. The van der Waals surface area contributed by atoms with Crippen LogP contribution in [0.15, 0.2) is 25.7 Å². The Labute approximate surface area is 50.5 Å². The lowest BCUT2D eigenvalue weighted by Gasteiger charge is -1.80. The minimum absolute atomic E-state index is 1.23. The van der Waals surface area contributed by atoms with Crippen LogP contribution in [0.3, 0.4) is 0 Å². The van der Waals surface area contributed by atoms with E-state index in [4.69, 9.17) is 0 Å². The molecular formula is C4H6O3S. The lowest BCUT2D eigenvalue weighted by atomic mass is 11.1. The summed E-state index contributed by atoms with van der Waals surface area (Å²) in [6, 6.07) is 0. The number of hydrogen-bond acceptors (Lipinski definition) is 3. The van der Waals surface area contributed by atoms with E-state index in [0.717, 1.165) is 0 Å². The third-order valence-corrected chi connectivity index (χ3v) is 0.860. The maximum atomic E-state index is 9.85. The first-order valence-corrected chi connectivity index (χ1v) is 2.80. The van der Waals surface area contributed by atoms with Crippen LogP contribution in [0.2, 0.25) is 0 Å². The van der Waals surface area contributed by atoms with E-state index in [1.807, 2.05) is 0 Å². The zero-order chi connectivity index (χ0) is 6.41. The summed E-state index contributed by atoms with van der Waals surface area (Å²) in [7, 11) is 0. The van der Waals surface area contributed by atoms with Gasteiger partial charge >= 0.3 is 11.4 Å². The maximum Gasteiger partial charge on any atom is 0.416 e. The first-order chi connectivity index (χ1) is 3.89. The third kappa shape index (κ3) is 2.41. The molecule has 3 nitrogen and oxygen atoms in total. The number of rotatable bonds is 0. The van der Waals surface area contributed by atoms with Crippen molar-refractivity contribution in [3.8, 4) is 0 Å². The van der Waals surface area contributed by atoms with Crippen molar-refractivity contribution in [1.82, 2.24) is 0 Å². The largest absolute Gasteiger partial charge is 0.416 e. The van der Waals surface area contributed by atoms with Crippen LogP contribution < -0.4 is 0 Å². The molecular weight excluding hydrogens is 128 g/mol. The summed E-state index contributed by atoms with van der Waals surface area (Å²) in [5, 5.41) is 0. The third-order valence-electron chi connectivity index (χ3n) is 0.324. The fraction of sp³-hybridized carbons (Fsp3) is 0. The summed E-state index contributed by atoms with van der Waals surface area (Å²) in [6.07, 6.45) is 2.46. The van der Waals surface area contributed by atoms with Gasteiger partial charge in [0.15, 0.2) is 0 Å². The molecule has 0 amide bonds. The van der Waals surface area contributed by atoms with Gasteiger partial charge in [0, 0.05) is 0 Å². The van der Waals surface area contributed by atoms with Crippen LogP contribution in [0.4, 0.5) is 0 Å². The van der Waals surface area contributed by atoms with E-state index in [9.17, 15) is 4.21 Å². The molecule has 0 spiro atoms. The summed E-state index contributed by atoms with van der Waals surface area (Å²) in [5.74, 6) is 0. The maximum absolute atomic E-state index is 9.85. The van der Waals surface area contributed by atoms with Crippen LogP contribution in [-0.2, 0) is 19.7 Å². The van der Waals surface area contributed by atoms with Crippen LogP contribution in [0.25, 0.3) is 0 Å². The molecule has 1 aliphatic heterocycles. The molecule has 0 aromatic carbocycles. The monoisotopic (exact) mass is 134 g/mol. The van der Waals surface area contributed by atoms with Gasteiger partial charge in [-0.15, -0.1) is 13.2 Å². The van der Waals surface area contributed by atoms with E-state index in [0.29, 0.717) is 0 Å². The molecule has 0 atom stereocenters. The average Bonchev–Trinajstić information content (AvgIpc) is 2.24. The van der Waals surface area contributed by atoms with Crippen LogP contribution in [0, 0.1) is 0 Å². The summed E-state index contributed by atoms with van der Waals surface area (Å²) in [4.78, 5) is 0. The molecule has 4 heteroatoms. The van der Waals surface area contributed by atoms with E-state index in [-0.39, 0.29) is 0 Å². The predicted octanol–water partition coefficient (Wildman–Crippen LogP) is 0.885. The normalized spacial score (nSPS) is 15.5. The van der Waals surface area contributed by atoms with Crippen LogP contribution >= 0.6 is 0 Å². The second-order valence-electron chi connectivity index (χ2n) is 0.669. The summed E-state index contributed by atoms with van der Waals surface area (Å²) in [5.41, 5.74) is 0. The molecule has 0 aromatic heterocycles. The molecule has 0 aromatic rings. The van der Waals surface area contributed by atoms with E-state index in [1.54, 1.807) is 0 Å². The molecule has 1 heterocycles. The van der Waals surface area contributed by atoms with Crippen molar-refractivity contribution in [3.05, 3.63) is 25.7 Å². The minimum Gasteiger partial charge on any atom is -0.376 e. The molecule has 8 heavy (non-hydrogen) atoms. The van der Waals surface area contributed by atoms with E-state index in [2.05, 4.69) is 21.5 Å². The molecule has 0 saturated carbocycles. The van der Waals surface area contributed by atoms with E-state index < -0.39 is 11.4 Å². The molecule has 0 bridgehead atoms. The topological polar surface area (TPSA) is 35.5 Å². The molecule has 0 N–H and O–H groups in total.